The summed E-state index contributed by atoms with van der Waals surface area (Å²) in [6.07, 6.45) is 0.500. The minimum absolute atomic E-state index is 0.231. The van der Waals surface area contributed by atoms with Crippen LogP contribution in [0.5, 0.6) is 0 Å². The summed E-state index contributed by atoms with van der Waals surface area (Å²) in [4.78, 5) is 65.5. The number of esters is 1. The second kappa shape index (κ2) is 10.9. The van der Waals surface area contributed by atoms with Crippen LogP contribution in [0, 0.1) is 12.8 Å². The van der Waals surface area contributed by atoms with Gasteiger partial charge in [-0.05, 0) is 37.1 Å². The van der Waals surface area contributed by atoms with E-state index in [-0.39, 0.29) is 17.7 Å². The molecule has 9 nitrogen and oxygen atoms in total. The number of carbonyl (C=O) groups excluding carboxylic acids is 5. The molecule has 0 saturated carbocycles. The summed E-state index contributed by atoms with van der Waals surface area (Å²) < 4.78 is 5.22. The number of anilines is 1. The van der Waals surface area contributed by atoms with Crippen molar-refractivity contribution in [1.29, 1.82) is 0 Å². The van der Waals surface area contributed by atoms with Crippen molar-refractivity contribution >= 4 is 35.3 Å². The fourth-order valence-electron chi connectivity index (χ4n) is 3.75. The zero-order chi connectivity index (χ0) is 25.7. The van der Waals surface area contributed by atoms with Crippen molar-refractivity contribution in [3.05, 3.63) is 65.2 Å². The van der Waals surface area contributed by atoms with Crippen molar-refractivity contribution < 1.29 is 28.7 Å². The number of nitrogens with zero attached hydrogens (tertiary/aromatic N) is 2. The third kappa shape index (κ3) is 5.74. The molecule has 0 spiro atoms. The molecule has 0 radical (unpaired) electrons. The Labute approximate surface area is 204 Å². The van der Waals surface area contributed by atoms with Crippen LogP contribution in [0.25, 0.3) is 0 Å². The Morgan fingerprint density at radius 1 is 1.00 bits per heavy atom. The van der Waals surface area contributed by atoms with Gasteiger partial charge in [0.1, 0.15) is 6.04 Å². The van der Waals surface area contributed by atoms with Crippen molar-refractivity contribution in [3.8, 4) is 0 Å². The van der Waals surface area contributed by atoms with Crippen LogP contribution >= 0.6 is 0 Å². The number of carbonyl (C=O) groups is 5. The molecule has 2 unspecified atom stereocenters. The lowest BCUT2D eigenvalue weighted by Crippen LogP contribution is -2.50. The van der Waals surface area contributed by atoms with Gasteiger partial charge in [-0.1, -0.05) is 50.1 Å². The quantitative estimate of drug-likeness (QED) is 0.437. The van der Waals surface area contributed by atoms with Crippen molar-refractivity contribution in [2.75, 3.05) is 25.5 Å². The predicted molar refractivity (Wildman–Crippen MR) is 129 cm³/mol. The number of nitrogens with one attached hydrogen (secondary N) is 1. The third-order valence-electron chi connectivity index (χ3n) is 6.01. The normalized spacial score (nSPS) is 14.2. The van der Waals surface area contributed by atoms with Crippen LogP contribution in [0.15, 0.2) is 48.5 Å². The standard InChI is InChI=1S/C26H29N3O6/c1-5-17(3)23(29-24(32)19-8-6-7-9-20(19)25(29)33)26(34)35-15-22(31)28(4)14-21(30)27-18-12-10-16(2)11-13-18/h6-13,17,23H,5,14-15H2,1-4H3,(H,27,30). The SMILES string of the molecule is CCC(C)C(C(=O)OCC(=O)N(C)CC(=O)Nc1ccc(C)cc1)N1C(=O)c2ccccc2C1=O. The molecule has 0 bridgehead atoms. The van der Waals surface area contributed by atoms with E-state index in [4.69, 9.17) is 4.74 Å². The Bertz CT molecular complexity index is 1110. The van der Waals surface area contributed by atoms with Crippen LogP contribution in [0.4, 0.5) is 5.69 Å². The average Bonchev–Trinajstić information content (AvgIpc) is 3.09. The highest BCUT2D eigenvalue weighted by Crippen LogP contribution is 2.28. The monoisotopic (exact) mass is 479 g/mol. The molecular formula is C26H29N3O6. The van der Waals surface area contributed by atoms with E-state index in [1.165, 1.54) is 19.2 Å². The Balaban J connectivity index is 1.61. The smallest absolute Gasteiger partial charge is 0.330 e. The first-order valence-electron chi connectivity index (χ1n) is 11.4. The van der Waals surface area contributed by atoms with Gasteiger partial charge in [0.15, 0.2) is 6.61 Å². The lowest BCUT2D eigenvalue weighted by Gasteiger charge is -2.29. The number of amides is 4. The number of rotatable bonds is 9. The van der Waals surface area contributed by atoms with E-state index in [1.54, 1.807) is 31.2 Å². The van der Waals surface area contributed by atoms with E-state index < -0.39 is 48.2 Å². The highest BCUT2D eigenvalue weighted by Gasteiger charge is 2.45. The van der Waals surface area contributed by atoms with Crippen molar-refractivity contribution in [3.63, 3.8) is 0 Å². The summed E-state index contributed by atoms with van der Waals surface area (Å²) in [5, 5.41) is 2.69. The zero-order valence-corrected chi connectivity index (χ0v) is 20.2. The Kier molecular flexibility index (Phi) is 8.01. The maximum absolute atomic E-state index is 13.0. The van der Waals surface area contributed by atoms with Crippen LogP contribution in [-0.4, -0.2) is 65.6 Å². The number of imide groups is 1. The number of aryl methyl sites for hydroxylation is 1. The van der Waals surface area contributed by atoms with Gasteiger partial charge in [-0.3, -0.25) is 24.1 Å². The lowest BCUT2D eigenvalue weighted by atomic mass is 9.97. The van der Waals surface area contributed by atoms with Gasteiger partial charge in [-0.2, -0.15) is 0 Å². The fourth-order valence-corrected chi connectivity index (χ4v) is 3.75. The first-order valence-corrected chi connectivity index (χ1v) is 11.4. The molecule has 0 fully saturated rings. The molecule has 1 N–H and O–H groups in total. The summed E-state index contributed by atoms with van der Waals surface area (Å²) >= 11 is 0. The third-order valence-corrected chi connectivity index (χ3v) is 6.01. The van der Waals surface area contributed by atoms with Gasteiger partial charge in [0.25, 0.3) is 17.7 Å². The Morgan fingerprint density at radius 2 is 1.57 bits per heavy atom. The van der Waals surface area contributed by atoms with Crippen LogP contribution in [0.1, 0.15) is 46.5 Å². The number of benzene rings is 2. The zero-order valence-electron chi connectivity index (χ0n) is 20.2. The molecule has 0 aliphatic carbocycles. The van der Waals surface area contributed by atoms with E-state index in [9.17, 15) is 24.0 Å². The van der Waals surface area contributed by atoms with Crippen molar-refractivity contribution in [1.82, 2.24) is 9.80 Å². The topological polar surface area (TPSA) is 113 Å². The van der Waals surface area contributed by atoms with E-state index in [1.807, 2.05) is 26.0 Å². The van der Waals surface area contributed by atoms with Crippen LogP contribution < -0.4 is 5.32 Å². The summed E-state index contributed by atoms with van der Waals surface area (Å²) in [6, 6.07) is 12.4. The van der Waals surface area contributed by atoms with Gasteiger partial charge >= 0.3 is 5.97 Å². The molecule has 1 aliphatic heterocycles. The largest absolute Gasteiger partial charge is 0.454 e. The molecule has 4 amide bonds. The molecule has 0 saturated heterocycles. The van der Waals surface area contributed by atoms with E-state index >= 15 is 0 Å². The van der Waals surface area contributed by atoms with Crippen molar-refractivity contribution in [2.24, 2.45) is 5.92 Å². The molecule has 2 aromatic carbocycles. The van der Waals surface area contributed by atoms with E-state index in [0.717, 1.165) is 15.4 Å². The van der Waals surface area contributed by atoms with Crippen LogP contribution in [0.2, 0.25) is 0 Å². The second-order valence-electron chi connectivity index (χ2n) is 8.63. The van der Waals surface area contributed by atoms with Gasteiger partial charge in [-0.15, -0.1) is 0 Å². The van der Waals surface area contributed by atoms with E-state index in [0.29, 0.717) is 12.1 Å². The minimum Gasteiger partial charge on any atom is -0.454 e. The summed E-state index contributed by atoms with van der Waals surface area (Å²) in [5.41, 5.74) is 2.11. The van der Waals surface area contributed by atoms with E-state index in [2.05, 4.69) is 5.32 Å². The molecule has 3 rings (SSSR count). The van der Waals surface area contributed by atoms with Crippen molar-refractivity contribution in [2.45, 2.75) is 33.2 Å². The summed E-state index contributed by atoms with van der Waals surface area (Å²) in [7, 11) is 1.42. The minimum atomic E-state index is -1.17. The second-order valence-corrected chi connectivity index (χ2v) is 8.63. The number of hydrogen-bond donors (Lipinski definition) is 1. The Morgan fingerprint density at radius 3 is 2.11 bits per heavy atom. The molecule has 2 atom stereocenters. The average molecular weight is 480 g/mol. The fraction of sp³-hybridized carbons (Fsp3) is 0.346. The molecule has 2 aromatic rings. The first-order chi connectivity index (χ1) is 16.6. The molecular weight excluding hydrogens is 450 g/mol. The first kappa shape index (κ1) is 25.6. The highest BCUT2D eigenvalue weighted by molar-refractivity contribution is 6.22. The number of ether oxygens (including phenoxy) is 1. The highest BCUT2D eigenvalue weighted by atomic mass is 16.5. The molecule has 0 aromatic heterocycles. The van der Waals surface area contributed by atoms with Gasteiger partial charge in [-0.25, -0.2) is 4.79 Å². The molecule has 184 valence electrons. The molecule has 9 heteroatoms. The maximum Gasteiger partial charge on any atom is 0.330 e. The lowest BCUT2D eigenvalue weighted by molar-refractivity contribution is -0.156. The Hall–Kier alpha value is -4.01. The maximum atomic E-state index is 13.0. The summed E-state index contributed by atoms with van der Waals surface area (Å²) in [6.45, 7) is 4.63. The van der Waals surface area contributed by atoms with Gasteiger partial charge < -0.3 is 15.0 Å². The van der Waals surface area contributed by atoms with Crippen LogP contribution in [0.3, 0.4) is 0 Å². The summed E-state index contributed by atoms with van der Waals surface area (Å²) in [5.74, 6) is -3.37. The van der Waals surface area contributed by atoms with Gasteiger partial charge in [0.2, 0.25) is 5.91 Å². The number of hydrogen-bond acceptors (Lipinski definition) is 6. The molecule has 1 aliphatic rings. The number of fused-ring (bicyclic) bond motifs is 1. The predicted octanol–water partition coefficient (Wildman–Crippen LogP) is 2.65. The van der Waals surface area contributed by atoms with Crippen LogP contribution in [-0.2, 0) is 19.1 Å². The van der Waals surface area contributed by atoms with Gasteiger partial charge in [0, 0.05) is 12.7 Å². The molecule has 35 heavy (non-hydrogen) atoms. The molecule has 1 heterocycles. The number of likely N-dealkylation sites (N-methyl/N-ethyl adjacent to an activating group) is 1. The van der Waals surface area contributed by atoms with Gasteiger partial charge in [0.05, 0.1) is 17.7 Å².